The maximum absolute atomic E-state index is 12.8. The zero-order valence-corrected chi connectivity index (χ0v) is 7.87. The van der Waals surface area contributed by atoms with Crippen molar-refractivity contribution in [2.24, 2.45) is 0 Å². The standard InChI is InChI=1S/C6H2F9NO2/c7-2(17)1-16-3(8,9)5(12,13)18-6(14,15)4(16,10)11/h1H2. The summed E-state index contributed by atoms with van der Waals surface area (Å²) >= 11 is 0. The molecule has 0 saturated carbocycles. The van der Waals surface area contributed by atoms with Gasteiger partial charge in [-0.1, -0.05) is 0 Å². The van der Waals surface area contributed by atoms with Crippen molar-refractivity contribution in [3.8, 4) is 0 Å². The maximum Gasteiger partial charge on any atom is 0.439 e. The topological polar surface area (TPSA) is 29.5 Å². The smallest absolute Gasteiger partial charge is 0.260 e. The molecule has 1 heterocycles. The van der Waals surface area contributed by atoms with Crippen molar-refractivity contribution in [3.05, 3.63) is 0 Å². The monoisotopic (exact) mass is 291 g/mol. The quantitative estimate of drug-likeness (QED) is 0.444. The Bertz CT molecular complexity index is 342. The maximum atomic E-state index is 12.8. The van der Waals surface area contributed by atoms with Crippen LogP contribution in [0.5, 0.6) is 0 Å². The second-order valence-corrected chi connectivity index (χ2v) is 3.16. The van der Waals surface area contributed by atoms with Gasteiger partial charge in [-0.2, -0.15) is 44.4 Å². The summed E-state index contributed by atoms with van der Waals surface area (Å²) in [5.74, 6) is 0. The van der Waals surface area contributed by atoms with E-state index < -0.39 is 41.8 Å². The first kappa shape index (κ1) is 15.0. The van der Waals surface area contributed by atoms with E-state index in [9.17, 15) is 44.3 Å². The first-order chi connectivity index (χ1) is 7.76. The molecule has 0 atom stereocenters. The number of alkyl halides is 8. The van der Waals surface area contributed by atoms with Crippen molar-refractivity contribution in [2.45, 2.75) is 24.3 Å². The van der Waals surface area contributed by atoms with Gasteiger partial charge in [-0.15, -0.1) is 0 Å². The molecule has 0 N–H and O–H groups in total. The molecule has 0 amide bonds. The molecule has 0 aromatic rings. The van der Waals surface area contributed by atoms with Crippen LogP contribution < -0.4 is 0 Å². The Balaban J connectivity index is 3.33. The fourth-order valence-electron chi connectivity index (χ4n) is 1.10. The fourth-order valence-corrected chi connectivity index (χ4v) is 1.10. The number of hydrogen-bond acceptors (Lipinski definition) is 3. The molecule has 0 radical (unpaired) electrons. The molecule has 0 unspecified atom stereocenters. The summed E-state index contributed by atoms with van der Waals surface area (Å²) in [4.78, 5) is 7.56. The number of morpholine rings is 1. The molecule has 1 aliphatic heterocycles. The second kappa shape index (κ2) is 3.73. The number of carbonyl (C=O) groups excluding carboxylic acids is 1. The molecule has 106 valence electrons. The predicted molar refractivity (Wildman–Crippen MR) is 33.7 cm³/mol. The van der Waals surface area contributed by atoms with Gasteiger partial charge in [0, 0.05) is 0 Å². The molecule has 1 aliphatic rings. The summed E-state index contributed by atoms with van der Waals surface area (Å²) in [6.07, 6.45) is -12.1. The minimum Gasteiger partial charge on any atom is -0.260 e. The SMILES string of the molecule is O=C(F)CN1C(F)(F)C(F)(F)OC(F)(F)C1(F)F. The Hall–Kier alpha value is -1.04. The van der Waals surface area contributed by atoms with Crippen molar-refractivity contribution in [1.29, 1.82) is 0 Å². The van der Waals surface area contributed by atoms with E-state index in [-0.39, 0.29) is 0 Å². The van der Waals surface area contributed by atoms with Crippen LogP contribution in [0.1, 0.15) is 0 Å². The number of hydrogen-bond donors (Lipinski definition) is 0. The Morgan fingerprint density at radius 1 is 0.889 bits per heavy atom. The molecule has 18 heavy (non-hydrogen) atoms. The van der Waals surface area contributed by atoms with Gasteiger partial charge in [0.25, 0.3) is 0 Å². The van der Waals surface area contributed by atoms with Crippen LogP contribution in [0, 0.1) is 0 Å². The molecule has 1 saturated heterocycles. The summed E-state index contributed by atoms with van der Waals surface area (Å²) in [6.45, 7) is -2.66. The molecule has 3 nitrogen and oxygen atoms in total. The van der Waals surface area contributed by atoms with Gasteiger partial charge >= 0.3 is 30.3 Å². The van der Waals surface area contributed by atoms with Crippen LogP contribution in [-0.2, 0) is 9.53 Å². The van der Waals surface area contributed by atoms with Crippen molar-refractivity contribution in [1.82, 2.24) is 4.90 Å². The predicted octanol–water partition coefficient (Wildman–Crippen LogP) is 2.19. The fraction of sp³-hybridized carbons (Fsp3) is 0.833. The van der Waals surface area contributed by atoms with Crippen molar-refractivity contribution >= 4 is 6.04 Å². The van der Waals surface area contributed by atoms with E-state index in [1.54, 1.807) is 0 Å². The Morgan fingerprint density at radius 3 is 1.50 bits per heavy atom. The molecule has 1 fully saturated rings. The lowest BCUT2D eigenvalue weighted by Crippen LogP contribution is -2.74. The highest BCUT2D eigenvalue weighted by Gasteiger charge is 2.82. The van der Waals surface area contributed by atoms with E-state index in [1.807, 2.05) is 0 Å². The van der Waals surface area contributed by atoms with Crippen LogP contribution in [0.4, 0.5) is 39.5 Å². The normalized spacial score (nSPS) is 28.9. The molecule has 0 spiro atoms. The van der Waals surface area contributed by atoms with Gasteiger partial charge < -0.3 is 0 Å². The number of carbonyl (C=O) groups is 1. The van der Waals surface area contributed by atoms with Gasteiger partial charge in [-0.3, -0.25) is 4.79 Å². The molecule has 0 aromatic heterocycles. The number of rotatable bonds is 2. The lowest BCUT2D eigenvalue weighted by Gasteiger charge is -2.46. The van der Waals surface area contributed by atoms with Gasteiger partial charge in [0.2, 0.25) is 0 Å². The van der Waals surface area contributed by atoms with E-state index in [4.69, 9.17) is 0 Å². The zero-order valence-electron chi connectivity index (χ0n) is 7.87. The zero-order chi connectivity index (χ0) is 14.6. The molecular formula is C6H2F9NO2. The molecule has 1 rings (SSSR count). The van der Waals surface area contributed by atoms with Crippen molar-refractivity contribution in [3.63, 3.8) is 0 Å². The highest BCUT2D eigenvalue weighted by molar-refractivity contribution is 5.70. The van der Waals surface area contributed by atoms with E-state index >= 15 is 0 Å². The minimum absolute atomic E-state index is 2.06. The molecular weight excluding hydrogens is 289 g/mol. The molecule has 0 aromatic carbocycles. The van der Waals surface area contributed by atoms with Gasteiger partial charge in [-0.25, -0.2) is 4.74 Å². The van der Waals surface area contributed by atoms with E-state index in [2.05, 4.69) is 4.74 Å². The van der Waals surface area contributed by atoms with Crippen LogP contribution >= 0.6 is 0 Å². The largest absolute Gasteiger partial charge is 0.439 e. The van der Waals surface area contributed by atoms with Crippen LogP contribution in [-0.4, -0.2) is 41.8 Å². The van der Waals surface area contributed by atoms with E-state index in [0.717, 1.165) is 0 Å². The van der Waals surface area contributed by atoms with Crippen LogP contribution in [0.2, 0.25) is 0 Å². The van der Waals surface area contributed by atoms with Crippen LogP contribution in [0.15, 0.2) is 0 Å². The van der Waals surface area contributed by atoms with E-state index in [1.165, 1.54) is 0 Å². The summed E-state index contributed by atoms with van der Waals surface area (Å²) in [6, 6.07) is -14.9. The summed E-state index contributed by atoms with van der Waals surface area (Å²) in [5, 5.41) is 0. The van der Waals surface area contributed by atoms with Gasteiger partial charge in [-0.05, 0) is 0 Å². The highest BCUT2D eigenvalue weighted by atomic mass is 19.4. The Kier molecular flexibility index (Phi) is 3.11. The van der Waals surface area contributed by atoms with Gasteiger partial charge in [0.1, 0.15) is 6.54 Å². The average molecular weight is 291 g/mol. The summed E-state index contributed by atoms with van der Waals surface area (Å²) in [5.41, 5.74) is 0. The first-order valence-corrected chi connectivity index (χ1v) is 3.93. The third-order valence-electron chi connectivity index (χ3n) is 1.92. The highest BCUT2D eigenvalue weighted by Crippen LogP contribution is 2.55. The third kappa shape index (κ3) is 1.92. The lowest BCUT2D eigenvalue weighted by atomic mass is 10.2. The number of ether oxygens (including phenoxy) is 1. The Labute approximate surface area is 92.1 Å². The van der Waals surface area contributed by atoms with Crippen LogP contribution in [0.25, 0.3) is 0 Å². The average Bonchev–Trinajstić information content (AvgIpc) is 2.09. The third-order valence-corrected chi connectivity index (χ3v) is 1.92. The van der Waals surface area contributed by atoms with Crippen molar-refractivity contribution < 1.29 is 49.0 Å². The van der Waals surface area contributed by atoms with E-state index in [0.29, 0.717) is 0 Å². The molecule has 0 aliphatic carbocycles. The van der Waals surface area contributed by atoms with Gasteiger partial charge in [0.05, 0.1) is 0 Å². The Morgan fingerprint density at radius 2 is 1.22 bits per heavy atom. The molecule has 0 bridgehead atoms. The number of halogens is 9. The molecule has 12 heteroatoms. The summed E-state index contributed by atoms with van der Waals surface area (Å²) < 4.78 is 115. The number of nitrogens with zero attached hydrogens (tertiary/aromatic N) is 1. The summed E-state index contributed by atoms with van der Waals surface area (Å²) in [7, 11) is 0. The van der Waals surface area contributed by atoms with Gasteiger partial charge in [0.15, 0.2) is 0 Å². The first-order valence-electron chi connectivity index (χ1n) is 3.93. The van der Waals surface area contributed by atoms with Crippen LogP contribution in [0.3, 0.4) is 0 Å². The minimum atomic E-state index is -6.03. The second-order valence-electron chi connectivity index (χ2n) is 3.16. The van der Waals surface area contributed by atoms with Crippen molar-refractivity contribution in [2.75, 3.05) is 6.54 Å². The lowest BCUT2D eigenvalue weighted by molar-refractivity contribution is -0.561.